The Labute approximate surface area is 78.8 Å². The summed E-state index contributed by atoms with van der Waals surface area (Å²) >= 11 is 0. The van der Waals surface area contributed by atoms with Crippen molar-refractivity contribution in [1.82, 2.24) is 5.32 Å². The average Bonchev–Trinajstić information content (AvgIpc) is 2.14. The highest BCUT2D eigenvalue weighted by Crippen LogP contribution is 2.48. The first-order chi connectivity index (χ1) is 6.26. The van der Waals surface area contributed by atoms with E-state index in [4.69, 9.17) is 4.74 Å². The average molecular weight is 183 g/mol. The van der Waals surface area contributed by atoms with Crippen molar-refractivity contribution in [3.05, 3.63) is 0 Å². The smallest absolute Gasteiger partial charge is 0.322 e. The number of ether oxygens (including phenoxy) is 1. The number of nitrogens with one attached hydrogen (secondary N) is 1. The van der Waals surface area contributed by atoms with E-state index < -0.39 is 0 Å². The SMILES string of the molecule is COC(=O)C1CC2(CCC2)CCN1. The Balaban J connectivity index is 1.95. The van der Waals surface area contributed by atoms with Crippen LogP contribution in [0.2, 0.25) is 0 Å². The van der Waals surface area contributed by atoms with Gasteiger partial charge in [0.1, 0.15) is 6.04 Å². The van der Waals surface area contributed by atoms with Crippen molar-refractivity contribution in [3.8, 4) is 0 Å². The molecule has 0 aromatic carbocycles. The molecule has 1 unspecified atom stereocenters. The van der Waals surface area contributed by atoms with Gasteiger partial charge < -0.3 is 10.1 Å². The number of methoxy groups -OCH3 is 1. The summed E-state index contributed by atoms with van der Waals surface area (Å²) in [6, 6.07) is -0.0425. The van der Waals surface area contributed by atoms with Gasteiger partial charge in [0.2, 0.25) is 0 Å². The molecule has 74 valence electrons. The maximum absolute atomic E-state index is 11.3. The molecule has 0 aromatic rings. The van der Waals surface area contributed by atoms with E-state index >= 15 is 0 Å². The summed E-state index contributed by atoms with van der Waals surface area (Å²) in [4.78, 5) is 11.3. The molecule has 0 amide bonds. The van der Waals surface area contributed by atoms with Gasteiger partial charge >= 0.3 is 5.97 Å². The second-order valence-corrected chi connectivity index (χ2v) is 4.34. The van der Waals surface area contributed by atoms with Crippen LogP contribution < -0.4 is 5.32 Å². The third-order valence-corrected chi connectivity index (χ3v) is 3.58. The van der Waals surface area contributed by atoms with Crippen LogP contribution in [0.5, 0.6) is 0 Å². The van der Waals surface area contributed by atoms with Crippen LogP contribution in [-0.2, 0) is 9.53 Å². The molecule has 2 fully saturated rings. The summed E-state index contributed by atoms with van der Waals surface area (Å²) in [7, 11) is 1.46. The fraction of sp³-hybridized carbons (Fsp3) is 0.900. The third kappa shape index (κ3) is 1.57. The Bertz CT molecular complexity index is 211. The number of carbonyl (C=O) groups is 1. The van der Waals surface area contributed by atoms with Gasteiger partial charge in [-0.05, 0) is 37.6 Å². The van der Waals surface area contributed by atoms with Crippen molar-refractivity contribution in [3.63, 3.8) is 0 Å². The minimum absolute atomic E-state index is 0.0425. The molecule has 2 aliphatic rings. The summed E-state index contributed by atoms with van der Waals surface area (Å²) in [5.41, 5.74) is 0.490. The molecule has 1 atom stereocenters. The molecular weight excluding hydrogens is 166 g/mol. The van der Waals surface area contributed by atoms with Crippen LogP contribution in [0.25, 0.3) is 0 Å². The normalized spacial score (nSPS) is 31.0. The zero-order valence-electron chi connectivity index (χ0n) is 8.14. The first kappa shape index (κ1) is 9.00. The van der Waals surface area contributed by atoms with Gasteiger partial charge in [-0.25, -0.2) is 0 Å². The van der Waals surface area contributed by atoms with Gasteiger partial charge in [-0.15, -0.1) is 0 Å². The van der Waals surface area contributed by atoms with Crippen LogP contribution in [0.3, 0.4) is 0 Å². The topological polar surface area (TPSA) is 38.3 Å². The molecule has 0 aromatic heterocycles. The molecule has 1 saturated carbocycles. The van der Waals surface area contributed by atoms with Gasteiger partial charge in [0.05, 0.1) is 7.11 Å². The number of hydrogen-bond donors (Lipinski definition) is 1. The zero-order valence-corrected chi connectivity index (χ0v) is 8.14. The van der Waals surface area contributed by atoms with Crippen LogP contribution in [0.15, 0.2) is 0 Å². The molecule has 0 bridgehead atoms. The van der Waals surface area contributed by atoms with E-state index in [1.165, 1.54) is 32.8 Å². The highest BCUT2D eigenvalue weighted by atomic mass is 16.5. The molecule has 1 saturated heterocycles. The Kier molecular flexibility index (Phi) is 2.28. The molecule has 1 spiro atoms. The quantitative estimate of drug-likeness (QED) is 0.618. The van der Waals surface area contributed by atoms with Gasteiger partial charge in [0.15, 0.2) is 0 Å². The van der Waals surface area contributed by atoms with E-state index in [2.05, 4.69) is 5.32 Å². The van der Waals surface area contributed by atoms with Crippen molar-refractivity contribution in [2.45, 2.75) is 38.1 Å². The zero-order chi connectivity index (χ0) is 9.31. The lowest BCUT2D eigenvalue weighted by atomic mass is 9.62. The van der Waals surface area contributed by atoms with Crippen molar-refractivity contribution in [2.75, 3.05) is 13.7 Å². The van der Waals surface area contributed by atoms with Gasteiger partial charge in [-0.2, -0.15) is 0 Å². The third-order valence-electron chi connectivity index (χ3n) is 3.58. The molecule has 0 radical (unpaired) electrons. The van der Waals surface area contributed by atoms with E-state index in [1.54, 1.807) is 0 Å². The summed E-state index contributed by atoms with van der Waals surface area (Å²) in [5, 5.41) is 3.22. The maximum Gasteiger partial charge on any atom is 0.322 e. The minimum atomic E-state index is -0.0917. The Hall–Kier alpha value is -0.570. The number of hydrogen-bond acceptors (Lipinski definition) is 3. The minimum Gasteiger partial charge on any atom is -0.468 e. The van der Waals surface area contributed by atoms with Crippen LogP contribution in [0.4, 0.5) is 0 Å². The molecule has 3 nitrogen and oxygen atoms in total. The molecular formula is C10H17NO2. The van der Waals surface area contributed by atoms with Crippen molar-refractivity contribution in [2.24, 2.45) is 5.41 Å². The standard InChI is InChI=1S/C10H17NO2/c1-13-9(12)8-7-10(3-2-4-10)5-6-11-8/h8,11H,2-7H2,1H3. The summed E-state index contributed by atoms with van der Waals surface area (Å²) in [6.45, 7) is 0.972. The molecule has 13 heavy (non-hydrogen) atoms. The first-order valence-electron chi connectivity index (χ1n) is 5.07. The fourth-order valence-electron chi connectivity index (χ4n) is 2.56. The Morgan fingerprint density at radius 1 is 1.46 bits per heavy atom. The van der Waals surface area contributed by atoms with Crippen LogP contribution >= 0.6 is 0 Å². The van der Waals surface area contributed by atoms with Crippen molar-refractivity contribution in [1.29, 1.82) is 0 Å². The van der Waals surface area contributed by atoms with Gasteiger partial charge in [-0.1, -0.05) is 6.42 Å². The largest absolute Gasteiger partial charge is 0.468 e. The molecule has 2 rings (SSSR count). The van der Waals surface area contributed by atoms with Gasteiger partial charge in [0, 0.05) is 0 Å². The predicted molar refractivity (Wildman–Crippen MR) is 49.3 cm³/mol. The first-order valence-corrected chi connectivity index (χ1v) is 5.07. The fourth-order valence-corrected chi connectivity index (χ4v) is 2.56. The van der Waals surface area contributed by atoms with E-state index in [-0.39, 0.29) is 12.0 Å². The highest BCUT2D eigenvalue weighted by Gasteiger charge is 2.43. The lowest BCUT2D eigenvalue weighted by Crippen LogP contribution is -2.50. The summed E-state index contributed by atoms with van der Waals surface area (Å²) < 4.78 is 4.75. The summed E-state index contributed by atoms with van der Waals surface area (Å²) in [6.07, 6.45) is 6.18. The second kappa shape index (κ2) is 3.29. The number of rotatable bonds is 1. The Morgan fingerprint density at radius 3 is 2.77 bits per heavy atom. The van der Waals surface area contributed by atoms with Crippen molar-refractivity contribution < 1.29 is 9.53 Å². The highest BCUT2D eigenvalue weighted by molar-refractivity contribution is 5.75. The number of esters is 1. The molecule has 1 N–H and O–H groups in total. The van der Waals surface area contributed by atoms with Crippen LogP contribution in [0.1, 0.15) is 32.1 Å². The Morgan fingerprint density at radius 2 is 2.23 bits per heavy atom. The van der Waals surface area contributed by atoms with Crippen molar-refractivity contribution >= 4 is 5.97 Å². The second-order valence-electron chi connectivity index (χ2n) is 4.34. The lowest BCUT2D eigenvalue weighted by molar-refractivity contribution is -0.145. The lowest BCUT2D eigenvalue weighted by Gasteiger charge is -2.47. The van der Waals surface area contributed by atoms with E-state index in [9.17, 15) is 4.79 Å². The van der Waals surface area contributed by atoms with Gasteiger partial charge in [-0.3, -0.25) is 4.79 Å². The van der Waals surface area contributed by atoms with Gasteiger partial charge in [0.25, 0.3) is 0 Å². The van der Waals surface area contributed by atoms with Crippen LogP contribution in [0, 0.1) is 5.41 Å². The monoisotopic (exact) mass is 183 g/mol. The molecule has 1 heterocycles. The van der Waals surface area contributed by atoms with Crippen LogP contribution in [-0.4, -0.2) is 25.7 Å². The predicted octanol–water partition coefficient (Wildman–Crippen LogP) is 1.08. The molecule has 3 heteroatoms. The summed E-state index contributed by atoms with van der Waals surface area (Å²) in [5.74, 6) is -0.0917. The number of carbonyl (C=O) groups excluding carboxylic acids is 1. The maximum atomic E-state index is 11.3. The molecule has 1 aliphatic carbocycles. The molecule has 1 aliphatic heterocycles. The van der Waals surface area contributed by atoms with E-state index in [0.29, 0.717) is 5.41 Å². The van der Waals surface area contributed by atoms with E-state index in [1.807, 2.05) is 0 Å². The number of piperidine rings is 1. The van der Waals surface area contributed by atoms with E-state index in [0.717, 1.165) is 13.0 Å².